The second kappa shape index (κ2) is 12.0. The number of carbonyl (C=O) groups excluding carboxylic acids is 1. The van der Waals surface area contributed by atoms with E-state index in [0.717, 1.165) is 55.4 Å². The molecular formula is C27H31N5O4S. The standard InChI is InChI=1S/C27H31N5O4S/c1-18-25(16-31-10-5-11-32(13-12-31)19(2)33)37-26(30-18)17-36-27-22(15-28)21(8-9-29-27)20-6-7-23(34-3)24(14-20)35-4/h6-9,14H,5,10-13,16-17H2,1-4H3. The SMILES string of the molecule is COc1ccc(-c2ccnc(OCc3nc(C)c(CN4CCCN(C(C)=O)CC4)s3)c2C#N)cc1OC. The number of hydrogen-bond donors (Lipinski definition) is 0. The first-order chi connectivity index (χ1) is 17.9. The molecule has 1 aliphatic rings. The highest BCUT2D eigenvalue weighted by Crippen LogP contribution is 2.35. The maximum Gasteiger partial charge on any atom is 0.232 e. The second-order valence-corrected chi connectivity index (χ2v) is 9.93. The molecule has 37 heavy (non-hydrogen) atoms. The minimum atomic E-state index is 0.135. The van der Waals surface area contributed by atoms with E-state index in [4.69, 9.17) is 19.2 Å². The van der Waals surface area contributed by atoms with Crippen molar-refractivity contribution in [2.45, 2.75) is 33.4 Å². The molecule has 4 rings (SSSR count). The summed E-state index contributed by atoms with van der Waals surface area (Å²) in [4.78, 5) is 26.2. The number of amides is 1. The fourth-order valence-electron chi connectivity index (χ4n) is 4.38. The lowest BCUT2D eigenvalue weighted by molar-refractivity contribution is -0.128. The Morgan fingerprint density at radius 3 is 2.68 bits per heavy atom. The van der Waals surface area contributed by atoms with E-state index in [1.165, 1.54) is 4.88 Å². The number of hydrogen-bond acceptors (Lipinski definition) is 9. The summed E-state index contributed by atoms with van der Waals surface area (Å²) in [5, 5.41) is 10.8. The van der Waals surface area contributed by atoms with Crippen LogP contribution in [0.1, 0.15) is 34.5 Å². The molecular weight excluding hydrogens is 490 g/mol. The van der Waals surface area contributed by atoms with Crippen molar-refractivity contribution in [3.8, 4) is 34.6 Å². The van der Waals surface area contributed by atoms with E-state index >= 15 is 0 Å². The second-order valence-electron chi connectivity index (χ2n) is 8.76. The van der Waals surface area contributed by atoms with Crippen molar-refractivity contribution >= 4 is 17.2 Å². The van der Waals surface area contributed by atoms with Gasteiger partial charge in [0.15, 0.2) is 11.5 Å². The summed E-state index contributed by atoms with van der Waals surface area (Å²) in [5.74, 6) is 1.59. The van der Waals surface area contributed by atoms with Crippen LogP contribution in [0.2, 0.25) is 0 Å². The lowest BCUT2D eigenvalue weighted by Crippen LogP contribution is -2.33. The van der Waals surface area contributed by atoms with Crippen LogP contribution in [0.5, 0.6) is 17.4 Å². The Kier molecular flexibility index (Phi) is 8.58. The average Bonchev–Trinajstić information content (AvgIpc) is 3.09. The first kappa shape index (κ1) is 26.4. The average molecular weight is 522 g/mol. The van der Waals surface area contributed by atoms with Crippen LogP contribution in [-0.2, 0) is 17.9 Å². The number of nitrogens with zero attached hydrogens (tertiary/aromatic N) is 5. The van der Waals surface area contributed by atoms with Crippen molar-refractivity contribution in [3.63, 3.8) is 0 Å². The summed E-state index contributed by atoms with van der Waals surface area (Å²) in [6, 6.07) is 9.53. The predicted octanol–water partition coefficient (Wildman–Crippen LogP) is 4.04. The van der Waals surface area contributed by atoms with Gasteiger partial charge in [-0.1, -0.05) is 6.07 Å². The van der Waals surface area contributed by atoms with Crippen LogP contribution in [-0.4, -0.2) is 66.1 Å². The van der Waals surface area contributed by atoms with Gasteiger partial charge in [0.25, 0.3) is 0 Å². The monoisotopic (exact) mass is 521 g/mol. The van der Waals surface area contributed by atoms with Crippen molar-refractivity contribution in [2.24, 2.45) is 0 Å². The maximum absolute atomic E-state index is 11.7. The van der Waals surface area contributed by atoms with Crippen molar-refractivity contribution in [3.05, 3.63) is 51.6 Å². The molecule has 0 unspecified atom stereocenters. The molecule has 0 radical (unpaired) electrons. The largest absolute Gasteiger partial charge is 0.493 e. The summed E-state index contributed by atoms with van der Waals surface area (Å²) >= 11 is 1.61. The van der Waals surface area contributed by atoms with Crippen LogP contribution in [0.25, 0.3) is 11.1 Å². The summed E-state index contributed by atoms with van der Waals surface area (Å²) < 4.78 is 16.7. The van der Waals surface area contributed by atoms with Gasteiger partial charge in [0, 0.05) is 56.3 Å². The fraction of sp³-hybridized carbons (Fsp3) is 0.407. The summed E-state index contributed by atoms with van der Waals surface area (Å²) in [6.45, 7) is 8.02. The van der Waals surface area contributed by atoms with Gasteiger partial charge >= 0.3 is 0 Å². The lowest BCUT2D eigenvalue weighted by Gasteiger charge is -2.20. The van der Waals surface area contributed by atoms with Crippen LogP contribution < -0.4 is 14.2 Å². The zero-order chi connectivity index (χ0) is 26.4. The summed E-state index contributed by atoms with van der Waals surface area (Å²) in [7, 11) is 3.16. The Balaban J connectivity index is 1.46. The van der Waals surface area contributed by atoms with Gasteiger partial charge in [0.2, 0.25) is 11.8 Å². The third-order valence-electron chi connectivity index (χ3n) is 6.39. The molecule has 194 valence electrons. The third-order valence-corrected chi connectivity index (χ3v) is 7.51. The van der Waals surface area contributed by atoms with Gasteiger partial charge in [-0.2, -0.15) is 5.26 Å². The van der Waals surface area contributed by atoms with Crippen LogP contribution in [0.15, 0.2) is 30.5 Å². The van der Waals surface area contributed by atoms with E-state index < -0.39 is 0 Å². The molecule has 1 saturated heterocycles. The number of nitriles is 1. The zero-order valence-corrected chi connectivity index (χ0v) is 22.4. The van der Waals surface area contributed by atoms with E-state index in [2.05, 4.69) is 16.0 Å². The van der Waals surface area contributed by atoms with Crippen molar-refractivity contribution in [2.75, 3.05) is 40.4 Å². The number of aryl methyl sites for hydroxylation is 1. The highest BCUT2D eigenvalue weighted by atomic mass is 32.1. The number of benzene rings is 1. The van der Waals surface area contributed by atoms with Gasteiger partial charge in [-0.15, -0.1) is 11.3 Å². The van der Waals surface area contributed by atoms with Gasteiger partial charge in [-0.3, -0.25) is 9.69 Å². The summed E-state index contributed by atoms with van der Waals surface area (Å²) in [6.07, 6.45) is 2.59. The zero-order valence-electron chi connectivity index (χ0n) is 21.6. The quantitative estimate of drug-likeness (QED) is 0.438. The molecule has 0 spiro atoms. The number of thiazole rings is 1. The number of pyridine rings is 1. The molecule has 9 nitrogen and oxygen atoms in total. The van der Waals surface area contributed by atoms with E-state index in [0.29, 0.717) is 22.6 Å². The van der Waals surface area contributed by atoms with Crippen LogP contribution in [0.3, 0.4) is 0 Å². The smallest absolute Gasteiger partial charge is 0.232 e. The Labute approximate surface area is 221 Å². The van der Waals surface area contributed by atoms with E-state index in [9.17, 15) is 10.1 Å². The molecule has 1 amide bonds. The topological polar surface area (TPSA) is 101 Å². The Morgan fingerprint density at radius 1 is 1.14 bits per heavy atom. The van der Waals surface area contributed by atoms with Gasteiger partial charge in [-0.25, -0.2) is 9.97 Å². The number of aromatic nitrogens is 2. The number of rotatable bonds is 8. The Morgan fingerprint density at radius 2 is 1.95 bits per heavy atom. The molecule has 3 aromatic rings. The van der Waals surface area contributed by atoms with E-state index in [1.807, 2.05) is 24.0 Å². The summed E-state index contributed by atoms with van der Waals surface area (Å²) in [5.41, 5.74) is 2.83. The molecule has 1 aromatic carbocycles. The van der Waals surface area contributed by atoms with E-state index in [-0.39, 0.29) is 18.4 Å². The fourth-order valence-corrected chi connectivity index (χ4v) is 5.40. The van der Waals surface area contributed by atoms with Crippen LogP contribution in [0.4, 0.5) is 0 Å². The maximum atomic E-state index is 11.7. The molecule has 2 aromatic heterocycles. The molecule has 0 atom stereocenters. The minimum Gasteiger partial charge on any atom is -0.493 e. The number of methoxy groups -OCH3 is 2. The molecule has 10 heteroatoms. The lowest BCUT2D eigenvalue weighted by atomic mass is 10.0. The van der Waals surface area contributed by atoms with Crippen LogP contribution >= 0.6 is 11.3 Å². The first-order valence-electron chi connectivity index (χ1n) is 12.1. The highest BCUT2D eigenvalue weighted by Gasteiger charge is 2.20. The first-order valence-corrected chi connectivity index (χ1v) is 12.9. The minimum absolute atomic E-state index is 0.135. The number of carbonyl (C=O) groups is 1. The predicted molar refractivity (Wildman–Crippen MR) is 141 cm³/mol. The molecule has 3 heterocycles. The third kappa shape index (κ3) is 6.18. The highest BCUT2D eigenvalue weighted by molar-refractivity contribution is 7.11. The molecule has 0 bridgehead atoms. The van der Waals surface area contributed by atoms with Crippen LogP contribution in [0, 0.1) is 18.3 Å². The molecule has 0 N–H and O–H groups in total. The van der Waals surface area contributed by atoms with Gasteiger partial charge < -0.3 is 19.1 Å². The van der Waals surface area contributed by atoms with Gasteiger partial charge in [-0.05, 0) is 37.1 Å². The molecule has 1 fully saturated rings. The number of ether oxygens (including phenoxy) is 3. The van der Waals surface area contributed by atoms with Crippen molar-refractivity contribution in [1.82, 2.24) is 19.8 Å². The van der Waals surface area contributed by atoms with Gasteiger partial charge in [0.1, 0.15) is 23.2 Å². The Bertz CT molecular complexity index is 1300. The van der Waals surface area contributed by atoms with Gasteiger partial charge in [0.05, 0.1) is 19.9 Å². The van der Waals surface area contributed by atoms with E-state index in [1.54, 1.807) is 50.8 Å². The van der Waals surface area contributed by atoms with Crippen molar-refractivity contribution < 1.29 is 19.0 Å². The Hall–Kier alpha value is -3.68. The molecule has 1 aliphatic heterocycles. The normalized spacial score (nSPS) is 14.1. The molecule has 0 aliphatic carbocycles. The molecule has 0 saturated carbocycles. The van der Waals surface area contributed by atoms with Crippen molar-refractivity contribution in [1.29, 1.82) is 5.26 Å².